The molecule has 0 unspecified atom stereocenters. The van der Waals surface area contributed by atoms with E-state index in [4.69, 9.17) is 4.74 Å². The predicted molar refractivity (Wildman–Crippen MR) is 123 cm³/mol. The molecule has 0 aliphatic carbocycles. The maximum atomic E-state index is 13.4. The first kappa shape index (κ1) is 23.1. The van der Waals surface area contributed by atoms with Crippen molar-refractivity contribution in [3.8, 4) is 5.75 Å². The van der Waals surface area contributed by atoms with E-state index in [1.165, 1.54) is 4.31 Å². The number of unbranched alkanes of at least 4 members (excludes halogenated alkanes) is 1. The lowest BCUT2D eigenvalue weighted by molar-refractivity contribution is -0.127. The molecule has 0 radical (unpaired) electrons. The zero-order valence-corrected chi connectivity index (χ0v) is 19.3. The minimum Gasteiger partial charge on any atom is -0.476 e. The van der Waals surface area contributed by atoms with Gasteiger partial charge in [-0.25, -0.2) is 8.42 Å². The highest BCUT2D eigenvalue weighted by Crippen LogP contribution is 2.37. The SMILES string of the molecule is CCCC[C@@H](CC)CNC(=O)[C@@H]1CN(S(=O)(=O)c2ccccc2)c2cc(C)ccc2O1. The summed E-state index contributed by atoms with van der Waals surface area (Å²) >= 11 is 0. The number of amides is 1. The highest BCUT2D eigenvalue weighted by atomic mass is 32.2. The molecule has 0 aromatic heterocycles. The molecule has 1 heterocycles. The molecule has 1 aliphatic rings. The van der Waals surface area contributed by atoms with E-state index in [9.17, 15) is 13.2 Å². The molecule has 1 amide bonds. The van der Waals surface area contributed by atoms with Crippen molar-refractivity contribution >= 4 is 21.6 Å². The standard InChI is InChI=1S/C24H32N2O4S/c1-4-6-10-19(5-2)16-25-24(27)23-17-26(21-15-18(3)13-14-22(21)30-23)31(28,29)20-11-8-7-9-12-20/h7-9,11-15,19,23H,4-6,10,16-17H2,1-3H3,(H,25,27)/t19-,23+/m1/s1. The van der Waals surface area contributed by atoms with Crippen molar-refractivity contribution < 1.29 is 17.9 Å². The number of anilines is 1. The quantitative estimate of drug-likeness (QED) is 0.626. The molecule has 3 rings (SSSR count). The molecule has 31 heavy (non-hydrogen) atoms. The number of fused-ring (bicyclic) bond motifs is 1. The van der Waals surface area contributed by atoms with E-state index in [1.54, 1.807) is 42.5 Å². The fourth-order valence-corrected chi connectivity index (χ4v) is 5.24. The lowest BCUT2D eigenvalue weighted by atomic mass is 9.99. The second-order valence-electron chi connectivity index (χ2n) is 8.09. The van der Waals surface area contributed by atoms with Gasteiger partial charge >= 0.3 is 0 Å². The summed E-state index contributed by atoms with van der Waals surface area (Å²) in [4.78, 5) is 13.1. The predicted octanol–water partition coefficient (Wildman–Crippen LogP) is 4.28. The molecule has 168 valence electrons. The summed E-state index contributed by atoms with van der Waals surface area (Å²) in [5, 5.41) is 2.98. The minimum absolute atomic E-state index is 0.0642. The van der Waals surface area contributed by atoms with Crippen LogP contribution in [0.1, 0.15) is 45.1 Å². The molecule has 7 heteroatoms. The number of hydrogen-bond donors (Lipinski definition) is 1. The number of carbonyl (C=O) groups is 1. The van der Waals surface area contributed by atoms with Gasteiger partial charge in [-0.3, -0.25) is 9.10 Å². The third-order valence-electron chi connectivity index (χ3n) is 5.72. The number of benzene rings is 2. The van der Waals surface area contributed by atoms with Crippen LogP contribution in [-0.2, 0) is 14.8 Å². The van der Waals surface area contributed by atoms with Gasteiger partial charge in [0.2, 0.25) is 0 Å². The van der Waals surface area contributed by atoms with Crippen molar-refractivity contribution in [2.24, 2.45) is 5.92 Å². The largest absolute Gasteiger partial charge is 0.476 e. The molecule has 6 nitrogen and oxygen atoms in total. The Labute approximate surface area is 185 Å². The van der Waals surface area contributed by atoms with Crippen LogP contribution in [0.5, 0.6) is 5.75 Å². The molecule has 1 N–H and O–H groups in total. The normalized spacial score (nSPS) is 16.9. The molecule has 0 fully saturated rings. The number of carbonyl (C=O) groups excluding carboxylic acids is 1. The van der Waals surface area contributed by atoms with Crippen LogP contribution in [0.2, 0.25) is 0 Å². The first-order valence-electron chi connectivity index (χ1n) is 11.0. The molecule has 2 atom stereocenters. The Morgan fingerprint density at radius 3 is 2.61 bits per heavy atom. The smallest absolute Gasteiger partial charge is 0.264 e. The van der Waals surface area contributed by atoms with E-state index in [-0.39, 0.29) is 17.3 Å². The molecule has 2 aromatic rings. The highest BCUT2D eigenvalue weighted by Gasteiger charge is 2.37. The Hall–Kier alpha value is -2.54. The average Bonchev–Trinajstić information content (AvgIpc) is 2.78. The summed E-state index contributed by atoms with van der Waals surface area (Å²) in [6, 6.07) is 13.6. The second kappa shape index (κ2) is 10.2. The van der Waals surface area contributed by atoms with Gasteiger partial charge in [-0.15, -0.1) is 0 Å². The van der Waals surface area contributed by atoms with Crippen molar-refractivity contribution in [1.82, 2.24) is 5.32 Å². The molecule has 0 bridgehead atoms. The van der Waals surface area contributed by atoms with Gasteiger partial charge in [0.1, 0.15) is 5.75 Å². The fourth-order valence-electron chi connectivity index (χ4n) is 3.75. The van der Waals surface area contributed by atoms with Crippen LogP contribution < -0.4 is 14.4 Å². The molecular weight excluding hydrogens is 412 g/mol. The lowest BCUT2D eigenvalue weighted by Gasteiger charge is -2.35. The van der Waals surface area contributed by atoms with Crippen molar-refractivity contribution in [3.05, 3.63) is 54.1 Å². The highest BCUT2D eigenvalue weighted by molar-refractivity contribution is 7.92. The van der Waals surface area contributed by atoms with Gasteiger partial charge in [0.05, 0.1) is 17.1 Å². The van der Waals surface area contributed by atoms with Gasteiger partial charge in [-0.05, 0) is 49.1 Å². The molecular formula is C24H32N2O4S. The molecule has 0 saturated heterocycles. The minimum atomic E-state index is -3.83. The third kappa shape index (κ3) is 5.39. The summed E-state index contributed by atoms with van der Waals surface area (Å²) in [5.41, 5.74) is 1.38. The Morgan fingerprint density at radius 1 is 1.19 bits per heavy atom. The number of rotatable bonds is 9. The summed E-state index contributed by atoms with van der Waals surface area (Å²) in [7, 11) is -3.83. The van der Waals surface area contributed by atoms with Crippen LogP contribution >= 0.6 is 0 Å². The van der Waals surface area contributed by atoms with E-state index in [2.05, 4.69) is 19.2 Å². The summed E-state index contributed by atoms with van der Waals surface area (Å²) in [6.07, 6.45) is 3.40. The van der Waals surface area contributed by atoms with Crippen molar-refractivity contribution in [3.63, 3.8) is 0 Å². The monoisotopic (exact) mass is 444 g/mol. The van der Waals surface area contributed by atoms with E-state index >= 15 is 0 Å². The maximum absolute atomic E-state index is 13.4. The van der Waals surface area contributed by atoms with Gasteiger partial charge in [0, 0.05) is 6.54 Å². The van der Waals surface area contributed by atoms with E-state index < -0.39 is 16.1 Å². The lowest BCUT2D eigenvalue weighted by Crippen LogP contribution is -2.51. The summed E-state index contributed by atoms with van der Waals surface area (Å²) < 4.78 is 34.0. The van der Waals surface area contributed by atoms with Crippen LogP contribution in [-0.4, -0.2) is 33.5 Å². The zero-order valence-electron chi connectivity index (χ0n) is 18.5. The Bertz CT molecular complexity index is 992. The second-order valence-corrected chi connectivity index (χ2v) is 9.95. The first-order valence-corrected chi connectivity index (χ1v) is 12.4. The first-order chi connectivity index (χ1) is 14.9. The molecule has 0 spiro atoms. The topological polar surface area (TPSA) is 75.7 Å². The van der Waals surface area contributed by atoms with Gasteiger partial charge in [-0.1, -0.05) is 57.4 Å². The number of nitrogens with one attached hydrogen (secondary N) is 1. The molecule has 0 saturated carbocycles. The number of aryl methyl sites for hydroxylation is 1. The van der Waals surface area contributed by atoms with Crippen LogP contribution in [0.3, 0.4) is 0 Å². The number of sulfonamides is 1. The number of hydrogen-bond acceptors (Lipinski definition) is 4. The molecule has 1 aliphatic heterocycles. The van der Waals surface area contributed by atoms with E-state index in [0.717, 1.165) is 31.2 Å². The Morgan fingerprint density at radius 2 is 1.94 bits per heavy atom. The van der Waals surface area contributed by atoms with Crippen molar-refractivity contribution in [1.29, 1.82) is 0 Å². The van der Waals surface area contributed by atoms with Crippen LogP contribution in [0, 0.1) is 12.8 Å². The average molecular weight is 445 g/mol. The van der Waals surface area contributed by atoms with Gasteiger partial charge in [0.25, 0.3) is 15.9 Å². The van der Waals surface area contributed by atoms with Crippen LogP contribution in [0.25, 0.3) is 0 Å². The van der Waals surface area contributed by atoms with Gasteiger partial charge in [0.15, 0.2) is 6.10 Å². The Balaban J connectivity index is 1.84. The molecule has 2 aromatic carbocycles. The summed E-state index contributed by atoms with van der Waals surface area (Å²) in [6.45, 7) is 6.68. The van der Waals surface area contributed by atoms with Crippen molar-refractivity contribution in [2.75, 3.05) is 17.4 Å². The van der Waals surface area contributed by atoms with Gasteiger partial charge in [-0.2, -0.15) is 0 Å². The third-order valence-corrected chi connectivity index (χ3v) is 7.51. The zero-order chi connectivity index (χ0) is 22.4. The summed E-state index contributed by atoms with van der Waals surface area (Å²) in [5.74, 6) is 0.524. The maximum Gasteiger partial charge on any atom is 0.264 e. The fraction of sp³-hybridized carbons (Fsp3) is 0.458. The number of ether oxygens (including phenoxy) is 1. The van der Waals surface area contributed by atoms with Crippen LogP contribution in [0.15, 0.2) is 53.4 Å². The van der Waals surface area contributed by atoms with Gasteiger partial charge < -0.3 is 10.1 Å². The Kier molecular flexibility index (Phi) is 7.59. The van der Waals surface area contributed by atoms with E-state index in [1.807, 2.05) is 13.0 Å². The van der Waals surface area contributed by atoms with Crippen molar-refractivity contribution in [2.45, 2.75) is 57.5 Å². The van der Waals surface area contributed by atoms with E-state index in [0.29, 0.717) is 23.9 Å². The van der Waals surface area contributed by atoms with Crippen LogP contribution in [0.4, 0.5) is 5.69 Å². The number of nitrogens with zero attached hydrogens (tertiary/aromatic N) is 1.